The van der Waals surface area contributed by atoms with Crippen LogP contribution >= 0.6 is 11.3 Å². The summed E-state index contributed by atoms with van der Waals surface area (Å²) in [6.07, 6.45) is -4.03. The molecule has 176 valence electrons. The Morgan fingerprint density at radius 2 is 1.76 bits per heavy atom. The number of carboxylic acids is 1. The van der Waals surface area contributed by atoms with E-state index in [2.05, 4.69) is 4.98 Å². The van der Waals surface area contributed by atoms with Gasteiger partial charge in [0.05, 0.1) is 16.0 Å². The van der Waals surface area contributed by atoms with Gasteiger partial charge in [-0.1, -0.05) is 25.1 Å². The first-order valence-electron chi connectivity index (χ1n) is 9.94. The smallest absolute Gasteiger partial charge is 0.416 e. The minimum atomic E-state index is -4.46. The van der Waals surface area contributed by atoms with Gasteiger partial charge in [0.1, 0.15) is 5.01 Å². The number of hydrogen-bond donors (Lipinski definition) is 1. The fraction of sp³-hybridized carbons (Fsp3) is 0.273. The number of anilines is 1. The highest BCUT2D eigenvalue weighted by molar-refractivity contribution is 7.92. The van der Waals surface area contributed by atoms with Crippen LogP contribution in [0, 0.1) is 6.92 Å². The van der Waals surface area contributed by atoms with Gasteiger partial charge in [-0.15, -0.1) is 11.3 Å². The van der Waals surface area contributed by atoms with E-state index in [9.17, 15) is 31.5 Å². The summed E-state index contributed by atoms with van der Waals surface area (Å²) in [6.45, 7) is 5.08. The average Bonchev–Trinajstić information content (AvgIpc) is 3.14. The lowest BCUT2D eigenvalue weighted by molar-refractivity contribution is -0.137. The zero-order chi connectivity index (χ0) is 24.6. The highest BCUT2D eigenvalue weighted by Crippen LogP contribution is 2.36. The number of alkyl halides is 3. The molecule has 0 aliphatic carbocycles. The van der Waals surface area contributed by atoms with Crippen molar-refractivity contribution in [2.24, 2.45) is 0 Å². The fourth-order valence-electron chi connectivity index (χ4n) is 3.33. The molecule has 0 amide bonds. The predicted molar refractivity (Wildman–Crippen MR) is 120 cm³/mol. The van der Waals surface area contributed by atoms with Gasteiger partial charge in [0.25, 0.3) is 10.0 Å². The zero-order valence-electron chi connectivity index (χ0n) is 18.0. The third-order valence-corrected chi connectivity index (χ3v) is 7.91. The molecule has 1 heterocycles. The van der Waals surface area contributed by atoms with Crippen LogP contribution in [0.25, 0.3) is 10.6 Å². The number of nitrogens with zero attached hydrogens (tertiary/aromatic N) is 2. The summed E-state index contributed by atoms with van der Waals surface area (Å²) < 4.78 is 66.3. The summed E-state index contributed by atoms with van der Waals surface area (Å²) >= 11 is 1.16. The number of carbonyl (C=O) groups is 1. The SMILES string of the molecule is CCc1ccc(S(=O)(=O)N(CC)c2nc(-c3ccc(C(F)(F)F)cc3)sc2C)cc1C(=O)O. The molecule has 3 rings (SSSR count). The number of carboxylic acid groups (broad SMARTS) is 1. The van der Waals surface area contributed by atoms with Gasteiger partial charge in [0.2, 0.25) is 0 Å². The third kappa shape index (κ3) is 4.88. The van der Waals surface area contributed by atoms with Crippen LogP contribution in [-0.2, 0) is 22.6 Å². The molecule has 0 radical (unpaired) electrons. The molecule has 3 aromatic rings. The molecule has 0 bridgehead atoms. The lowest BCUT2D eigenvalue weighted by atomic mass is 10.1. The van der Waals surface area contributed by atoms with Crippen molar-refractivity contribution in [1.82, 2.24) is 4.98 Å². The molecule has 0 saturated carbocycles. The number of thiazole rings is 1. The number of aromatic carboxylic acids is 1. The molecule has 0 saturated heterocycles. The second kappa shape index (κ2) is 9.14. The summed E-state index contributed by atoms with van der Waals surface area (Å²) in [5.74, 6) is -1.07. The molecule has 11 heteroatoms. The maximum atomic E-state index is 13.4. The Morgan fingerprint density at radius 3 is 2.27 bits per heavy atom. The number of aryl methyl sites for hydroxylation is 2. The highest BCUT2D eigenvalue weighted by atomic mass is 32.2. The average molecular weight is 499 g/mol. The Hall–Kier alpha value is -2.92. The highest BCUT2D eigenvalue weighted by Gasteiger charge is 2.31. The summed E-state index contributed by atoms with van der Waals surface area (Å²) in [6, 6.07) is 8.45. The summed E-state index contributed by atoms with van der Waals surface area (Å²) in [7, 11) is -4.14. The van der Waals surface area contributed by atoms with E-state index in [0.717, 1.165) is 33.8 Å². The lowest BCUT2D eigenvalue weighted by Crippen LogP contribution is -2.31. The van der Waals surface area contributed by atoms with E-state index >= 15 is 0 Å². The van der Waals surface area contributed by atoms with Gasteiger partial charge >= 0.3 is 12.1 Å². The van der Waals surface area contributed by atoms with Crippen LogP contribution in [0.3, 0.4) is 0 Å². The van der Waals surface area contributed by atoms with E-state index in [4.69, 9.17) is 0 Å². The monoisotopic (exact) mass is 498 g/mol. The van der Waals surface area contributed by atoms with E-state index in [0.29, 0.717) is 27.4 Å². The molecule has 0 aliphatic heterocycles. The first-order chi connectivity index (χ1) is 15.4. The normalized spacial score (nSPS) is 12.1. The van der Waals surface area contributed by atoms with Crippen LogP contribution in [0.4, 0.5) is 19.0 Å². The Labute approximate surface area is 193 Å². The van der Waals surface area contributed by atoms with E-state index < -0.39 is 27.7 Å². The number of sulfonamides is 1. The van der Waals surface area contributed by atoms with Gasteiger partial charge < -0.3 is 5.11 Å². The number of benzene rings is 2. The standard InChI is InChI=1S/C22H21F3N2O4S2/c1-4-14-8-11-17(12-18(14)21(28)29)33(30,31)27(5-2)19-13(3)32-20(26-19)15-6-9-16(10-7-15)22(23,24)25/h6-12H,4-5H2,1-3H3,(H,28,29). The van der Waals surface area contributed by atoms with Crippen molar-refractivity contribution in [2.45, 2.75) is 38.3 Å². The fourth-order valence-corrected chi connectivity index (χ4v) is 5.82. The Bertz CT molecular complexity index is 1280. The molecule has 0 fully saturated rings. The molecule has 6 nitrogen and oxygen atoms in total. The van der Waals surface area contributed by atoms with Crippen molar-refractivity contribution in [3.63, 3.8) is 0 Å². The summed E-state index contributed by atoms with van der Waals surface area (Å²) in [4.78, 5) is 16.4. The number of aromatic nitrogens is 1. The molecule has 0 spiro atoms. The van der Waals surface area contributed by atoms with Gasteiger partial charge in [0, 0.05) is 17.0 Å². The quantitative estimate of drug-likeness (QED) is 0.457. The molecular weight excluding hydrogens is 477 g/mol. The maximum Gasteiger partial charge on any atom is 0.416 e. The molecule has 2 aromatic carbocycles. The van der Waals surface area contributed by atoms with E-state index in [-0.39, 0.29) is 22.8 Å². The van der Waals surface area contributed by atoms with Crippen LogP contribution in [0.15, 0.2) is 47.4 Å². The van der Waals surface area contributed by atoms with E-state index in [1.807, 2.05) is 0 Å². The van der Waals surface area contributed by atoms with Crippen molar-refractivity contribution in [3.8, 4) is 10.6 Å². The van der Waals surface area contributed by atoms with Crippen LogP contribution in [0.2, 0.25) is 0 Å². The second-order valence-corrected chi connectivity index (χ2v) is 10.2. The topological polar surface area (TPSA) is 87.6 Å². The Morgan fingerprint density at radius 1 is 1.12 bits per heavy atom. The number of rotatable bonds is 7. The maximum absolute atomic E-state index is 13.4. The minimum Gasteiger partial charge on any atom is -0.478 e. The number of halogens is 3. The Balaban J connectivity index is 2.03. The summed E-state index contributed by atoms with van der Waals surface area (Å²) in [5.41, 5.74) is 0.0625. The molecular formula is C22H21F3N2O4S2. The van der Waals surface area contributed by atoms with Crippen molar-refractivity contribution < 1.29 is 31.5 Å². The zero-order valence-corrected chi connectivity index (χ0v) is 19.6. The van der Waals surface area contributed by atoms with Gasteiger partial charge in [-0.25, -0.2) is 22.5 Å². The molecule has 0 atom stereocenters. The molecule has 33 heavy (non-hydrogen) atoms. The first kappa shape index (κ1) is 24.7. The lowest BCUT2D eigenvalue weighted by Gasteiger charge is -2.22. The molecule has 0 unspecified atom stereocenters. The van der Waals surface area contributed by atoms with Crippen LogP contribution in [0.1, 0.15) is 40.2 Å². The third-order valence-electron chi connectivity index (χ3n) is 5.04. The minimum absolute atomic E-state index is 0.0251. The number of hydrogen-bond acceptors (Lipinski definition) is 5. The van der Waals surface area contributed by atoms with Crippen LogP contribution < -0.4 is 4.31 Å². The van der Waals surface area contributed by atoms with Crippen molar-refractivity contribution >= 4 is 33.1 Å². The molecule has 1 aromatic heterocycles. The van der Waals surface area contributed by atoms with Crippen molar-refractivity contribution in [1.29, 1.82) is 0 Å². The Kier molecular flexibility index (Phi) is 6.85. The largest absolute Gasteiger partial charge is 0.478 e. The predicted octanol–water partition coefficient (Wildman–Crippen LogP) is 5.61. The van der Waals surface area contributed by atoms with Gasteiger partial charge in [-0.05, 0) is 50.1 Å². The van der Waals surface area contributed by atoms with Crippen molar-refractivity contribution in [2.75, 3.05) is 10.8 Å². The van der Waals surface area contributed by atoms with Gasteiger partial charge in [-0.2, -0.15) is 13.2 Å². The van der Waals surface area contributed by atoms with Crippen LogP contribution in [-0.4, -0.2) is 31.0 Å². The van der Waals surface area contributed by atoms with E-state index in [1.54, 1.807) is 20.8 Å². The van der Waals surface area contributed by atoms with Gasteiger partial charge in [0.15, 0.2) is 5.82 Å². The molecule has 1 N–H and O–H groups in total. The van der Waals surface area contributed by atoms with E-state index in [1.165, 1.54) is 24.3 Å². The summed E-state index contributed by atoms with van der Waals surface area (Å²) in [5, 5.41) is 9.83. The molecule has 0 aliphatic rings. The van der Waals surface area contributed by atoms with Crippen molar-refractivity contribution in [3.05, 3.63) is 64.0 Å². The second-order valence-electron chi connectivity index (χ2n) is 7.12. The van der Waals surface area contributed by atoms with Gasteiger partial charge in [-0.3, -0.25) is 0 Å². The van der Waals surface area contributed by atoms with Crippen LogP contribution in [0.5, 0.6) is 0 Å². The first-order valence-corrected chi connectivity index (χ1v) is 12.2.